The summed E-state index contributed by atoms with van der Waals surface area (Å²) in [5, 5.41) is 22.7. The summed E-state index contributed by atoms with van der Waals surface area (Å²) in [6.07, 6.45) is -4.46. The SMILES string of the molecule is O=C(N/C(=N/c1nn[nH]n1)N1CC(c2ccccc2)C(c2ccc(C(F)(F)F)cc2)=N1)c1ccc(Cl)cc1. The van der Waals surface area contributed by atoms with Gasteiger partial charge in [0.2, 0.25) is 5.96 Å². The van der Waals surface area contributed by atoms with Crippen molar-refractivity contribution in [2.24, 2.45) is 10.1 Å². The van der Waals surface area contributed by atoms with Crippen molar-refractivity contribution in [2.75, 3.05) is 6.54 Å². The zero-order chi connectivity index (χ0) is 26.7. The molecule has 0 radical (unpaired) electrons. The number of aromatic nitrogens is 4. The number of alkyl halides is 3. The normalized spacial score (nSPS) is 15.9. The number of carbonyl (C=O) groups is 1. The lowest BCUT2D eigenvalue weighted by Crippen LogP contribution is -2.41. The lowest BCUT2D eigenvalue weighted by Gasteiger charge is -2.18. The summed E-state index contributed by atoms with van der Waals surface area (Å²) >= 11 is 5.93. The molecule has 0 fully saturated rings. The van der Waals surface area contributed by atoms with Gasteiger partial charge in [0.05, 0.1) is 17.8 Å². The largest absolute Gasteiger partial charge is 0.416 e. The van der Waals surface area contributed by atoms with E-state index >= 15 is 0 Å². The number of aliphatic imine (C=N–C) groups is 1. The highest BCUT2D eigenvalue weighted by Gasteiger charge is 2.34. The van der Waals surface area contributed by atoms with E-state index in [0.717, 1.165) is 17.7 Å². The van der Waals surface area contributed by atoms with Crippen LogP contribution in [0.4, 0.5) is 19.1 Å². The molecule has 0 bridgehead atoms. The Balaban J connectivity index is 1.53. The number of guanidine groups is 1. The lowest BCUT2D eigenvalue weighted by molar-refractivity contribution is -0.137. The topological polar surface area (TPSA) is 112 Å². The molecule has 1 aliphatic rings. The first-order valence-electron chi connectivity index (χ1n) is 11.3. The third-order valence-corrected chi connectivity index (χ3v) is 5.99. The molecule has 1 unspecified atom stereocenters. The van der Waals surface area contributed by atoms with Crippen LogP contribution in [0.1, 0.15) is 33.0 Å². The molecule has 2 heterocycles. The number of tetrazole rings is 1. The molecular weight excluding hydrogens is 521 g/mol. The summed E-state index contributed by atoms with van der Waals surface area (Å²) in [4.78, 5) is 17.3. The van der Waals surface area contributed by atoms with Crippen LogP contribution < -0.4 is 5.32 Å². The Hall–Kier alpha value is -4.58. The minimum absolute atomic E-state index is 0.00851. The van der Waals surface area contributed by atoms with Gasteiger partial charge < -0.3 is 0 Å². The number of H-pyrrole nitrogens is 1. The van der Waals surface area contributed by atoms with E-state index in [9.17, 15) is 18.0 Å². The van der Waals surface area contributed by atoms with Crippen LogP contribution in [0.15, 0.2) is 89.0 Å². The molecule has 1 aromatic heterocycles. The number of carbonyl (C=O) groups excluding carboxylic acids is 1. The van der Waals surface area contributed by atoms with Gasteiger partial charge in [0, 0.05) is 16.5 Å². The van der Waals surface area contributed by atoms with Crippen LogP contribution >= 0.6 is 11.6 Å². The number of rotatable bonds is 4. The van der Waals surface area contributed by atoms with Crippen LogP contribution in [0, 0.1) is 0 Å². The maximum Gasteiger partial charge on any atom is 0.416 e. The monoisotopic (exact) mass is 538 g/mol. The van der Waals surface area contributed by atoms with Gasteiger partial charge in [-0.2, -0.15) is 28.5 Å². The number of benzene rings is 3. The Kier molecular flexibility index (Phi) is 6.88. The van der Waals surface area contributed by atoms with Gasteiger partial charge >= 0.3 is 6.18 Å². The highest BCUT2D eigenvalue weighted by Crippen LogP contribution is 2.32. The fourth-order valence-electron chi connectivity index (χ4n) is 3.90. The minimum atomic E-state index is -4.46. The Morgan fingerprint density at radius 3 is 2.37 bits per heavy atom. The molecule has 38 heavy (non-hydrogen) atoms. The van der Waals surface area contributed by atoms with Gasteiger partial charge in [-0.05, 0) is 52.7 Å². The third kappa shape index (κ3) is 5.54. The van der Waals surface area contributed by atoms with Crippen molar-refractivity contribution >= 4 is 35.1 Å². The maximum absolute atomic E-state index is 13.1. The molecule has 9 nitrogen and oxygen atoms in total. The molecule has 0 spiro atoms. The van der Waals surface area contributed by atoms with Gasteiger partial charge in [0.25, 0.3) is 11.9 Å². The van der Waals surface area contributed by atoms with E-state index in [0.29, 0.717) is 21.9 Å². The average molecular weight is 539 g/mol. The summed E-state index contributed by atoms with van der Waals surface area (Å²) < 4.78 is 39.4. The smallest absolute Gasteiger partial charge is 0.291 e. The first kappa shape index (κ1) is 25.1. The highest BCUT2D eigenvalue weighted by molar-refractivity contribution is 6.30. The number of hydrogen-bond donors (Lipinski definition) is 2. The van der Waals surface area contributed by atoms with E-state index in [2.05, 4.69) is 36.0 Å². The molecule has 3 aromatic carbocycles. The van der Waals surface area contributed by atoms with E-state index in [4.69, 9.17) is 11.6 Å². The number of nitrogens with one attached hydrogen (secondary N) is 2. The van der Waals surface area contributed by atoms with Crippen LogP contribution in [0.5, 0.6) is 0 Å². The lowest BCUT2D eigenvalue weighted by atomic mass is 9.90. The van der Waals surface area contributed by atoms with Gasteiger partial charge in [-0.15, -0.1) is 5.10 Å². The molecule has 1 amide bonds. The van der Waals surface area contributed by atoms with Gasteiger partial charge in [-0.25, -0.2) is 5.01 Å². The molecule has 192 valence electrons. The van der Waals surface area contributed by atoms with E-state index < -0.39 is 17.6 Å². The van der Waals surface area contributed by atoms with Crippen molar-refractivity contribution in [3.63, 3.8) is 0 Å². The molecule has 1 aliphatic heterocycles. The van der Waals surface area contributed by atoms with Gasteiger partial charge in [0.15, 0.2) is 0 Å². The highest BCUT2D eigenvalue weighted by atomic mass is 35.5. The molecular formula is C25H18ClF3N8O. The molecule has 5 rings (SSSR count). The van der Waals surface area contributed by atoms with Gasteiger partial charge in [-0.1, -0.05) is 59.2 Å². The Labute approximate surface area is 219 Å². The fourth-order valence-corrected chi connectivity index (χ4v) is 4.02. The number of amides is 1. The quantitative estimate of drug-likeness (QED) is 0.286. The van der Waals surface area contributed by atoms with Crippen molar-refractivity contribution in [1.29, 1.82) is 0 Å². The third-order valence-electron chi connectivity index (χ3n) is 5.74. The van der Waals surface area contributed by atoms with Crippen LogP contribution in [0.2, 0.25) is 5.02 Å². The first-order chi connectivity index (χ1) is 18.3. The Morgan fingerprint density at radius 1 is 1.03 bits per heavy atom. The van der Waals surface area contributed by atoms with Crippen molar-refractivity contribution < 1.29 is 18.0 Å². The first-order valence-corrected chi connectivity index (χ1v) is 11.6. The second-order valence-corrected chi connectivity index (χ2v) is 8.65. The predicted molar refractivity (Wildman–Crippen MR) is 134 cm³/mol. The van der Waals surface area contributed by atoms with E-state index in [-0.39, 0.29) is 24.4 Å². The van der Waals surface area contributed by atoms with Crippen molar-refractivity contribution in [3.8, 4) is 0 Å². The van der Waals surface area contributed by atoms with Crippen molar-refractivity contribution in [2.45, 2.75) is 12.1 Å². The minimum Gasteiger partial charge on any atom is -0.291 e. The maximum atomic E-state index is 13.1. The fraction of sp³-hybridized carbons (Fsp3) is 0.120. The van der Waals surface area contributed by atoms with Crippen LogP contribution in [0.25, 0.3) is 0 Å². The standard InChI is InChI=1S/C25H18ClF3N8O/c26-19-12-8-17(9-13-19)22(38)30-24(31-23-32-35-36-33-23)37-14-20(15-4-2-1-3-5-15)21(34-37)16-6-10-18(11-7-16)25(27,28)29/h1-13,20H,14H2,(H2,30,31,32,33,35,36,38). The van der Waals surface area contributed by atoms with Crippen molar-refractivity contribution in [1.82, 2.24) is 30.9 Å². The second kappa shape index (κ2) is 10.4. The molecule has 0 saturated carbocycles. The van der Waals surface area contributed by atoms with Gasteiger partial charge in [0.1, 0.15) is 0 Å². The summed E-state index contributed by atoms with van der Waals surface area (Å²) in [7, 11) is 0. The molecule has 13 heteroatoms. The average Bonchev–Trinajstić information content (AvgIpc) is 3.59. The van der Waals surface area contributed by atoms with E-state index in [1.165, 1.54) is 17.1 Å². The van der Waals surface area contributed by atoms with Crippen LogP contribution in [-0.4, -0.2) is 49.8 Å². The molecule has 0 saturated heterocycles. The summed E-state index contributed by atoms with van der Waals surface area (Å²) in [5.41, 5.74) is 1.45. The van der Waals surface area contributed by atoms with E-state index in [1.54, 1.807) is 24.3 Å². The number of nitrogens with zero attached hydrogens (tertiary/aromatic N) is 6. The number of hydrogen-bond acceptors (Lipinski definition) is 6. The summed E-state index contributed by atoms with van der Waals surface area (Å²) in [6, 6.07) is 20.4. The second-order valence-electron chi connectivity index (χ2n) is 8.21. The van der Waals surface area contributed by atoms with Gasteiger partial charge in [-0.3, -0.25) is 10.1 Å². The Morgan fingerprint density at radius 2 is 1.74 bits per heavy atom. The number of hydrazone groups is 1. The van der Waals surface area contributed by atoms with Crippen molar-refractivity contribution in [3.05, 3.63) is 106 Å². The molecule has 4 aromatic rings. The molecule has 1 atom stereocenters. The zero-order valence-corrected chi connectivity index (χ0v) is 20.1. The number of halogens is 4. The Bertz CT molecular complexity index is 1470. The summed E-state index contributed by atoms with van der Waals surface area (Å²) in [5.74, 6) is -0.866. The molecule has 0 aliphatic carbocycles. The number of aromatic amines is 1. The molecule has 2 N–H and O–H groups in total. The predicted octanol–water partition coefficient (Wildman–Crippen LogP) is 4.79. The zero-order valence-electron chi connectivity index (χ0n) is 19.4. The van der Waals surface area contributed by atoms with Crippen LogP contribution in [-0.2, 0) is 6.18 Å². The van der Waals surface area contributed by atoms with Crippen LogP contribution in [0.3, 0.4) is 0 Å². The summed E-state index contributed by atoms with van der Waals surface area (Å²) in [6.45, 7) is 0.234. The van der Waals surface area contributed by atoms with E-state index in [1.807, 2.05) is 30.3 Å².